The topological polar surface area (TPSA) is 41.9 Å². The van der Waals surface area contributed by atoms with Gasteiger partial charge >= 0.3 is 0 Å². The molecule has 0 bridgehead atoms. The van der Waals surface area contributed by atoms with Crippen LogP contribution in [0.25, 0.3) is 0 Å². The second-order valence-corrected chi connectivity index (χ2v) is 8.27. The van der Waals surface area contributed by atoms with Crippen molar-refractivity contribution in [2.75, 3.05) is 25.7 Å². The molecule has 0 saturated carbocycles. The third-order valence-corrected chi connectivity index (χ3v) is 6.66. The second kappa shape index (κ2) is 8.70. The Morgan fingerprint density at radius 3 is 2.66 bits per heavy atom. The van der Waals surface area contributed by atoms with E-state index in [1.165, 1.54) is 16.1 Å². The van der Waals surface area contributed by atoms with Gasteiger partial charge in [0.1, 0.15) is 5.75 Å². The van der Waals surface area contributed by atoms with Crippen molar-refractivity contribution in [3.05, 3.63) is 77.9 Å². The Balaban J connectivity index is 1.64. The van der Waals surface area contributed by atoms with Crippen LogP contribution in [0.1, 0.15) is 22.8 Å². The number of para-hydroxylation sites is 2. The lowest BCUT2D eigenvalue weighted by atomic mass is 10.1. The molecule has 1 aliphatic heterocycles. The van der Waals surface area contributed by atoms with Crippen LogP contribution < -0.4 is 14.4 Å². The molecule has 4 nitrogen and oxygen atoms in total. The lowest BCUT2D eigenvalue weighted by Crippen LogP contribution is -2.24. The van der Waals surface area contributed by atoms with Crippen molar-refractivity contribution in [2.24, 2.45) is 0 Å². The molecule has 0 radical (unpaired) electrons. The van der Waals surface area contributed by atoms with Crippen molar-refractivity contribution < 1.29 is 14.6 Å². The third-order valence-electron chi connectivity index (χ3n) is 5.27. The van der Waals surface area contributed by atoms with Gasteiger partial charge in [0, 0.05) is 28.8 Å². The molecule has 0 saturated heterocycles. The summed E-state index contributed by atoms with van der Waals surface area (Å²) >= 11 is 1.89. The van der Waals surface area contributed by atoms with Gasteiger partial charge in [0.15, 0.2) is 11.5 Å². The first-order valence-corrected chi connectivity index (χ1v) is 10.6. The number of nitrogens with zero attached hydrogens (tertiary/aromatic N) is 1. The number of hydrogen-bond donors (Lipinski definition) is 1. The van der Waals surface area contributed by atoms with Gasteiger partial charge in [0.2, 0.25) is 0 Å². The summed E-state index contributed by atoms with van der Waals surface area (Å²) < 4.78 is 10.7. The molecule has 0 aromatic heterocycles. The summed E-state index contributed by atoms with van der Waals surface area (Å²) in [5.74, 6) is 1.61. The molecule has 0 fully saturated rings. The molecule has 3 aromatic rings. The molecule has 29 heavy (non-hydrogen) atoms. The van der Waals surface area contributed by atoms with E-state index in [9.17, 15) is 5.11 Å². The molecule has 3 aromatic carbocycles. The van der Waals surface area contributed by atoms with E-state index in [1.54, 1.807) is 20.3 Å². The van der Waals surface area contributed by atoms with E-state index in [0.29, 0.717) is 17.5 Å². The SMILES string of the molecule is COc1cccc(C2CCN(Cc3cccc(OC)c3O)c3ccccc3S2)c1. The van der Waals surface area contributed by atoms with Gasteiger partial charge in [0.25, 0.3) is 0 Å². The first kappa shape index (κ1) is 19.5. The first-order chi connectivity index (χ1) is 14.2. The minimum absolute atomic E-state index is 0.216. The summed E-state index contributed by atoms with van der Waals surface area (Å²) in [4.78, 5) is 3.59. The molecule has 0 spiro atoms. The standard InChI is InChI=1S/C24H25NO3S/c1-27-19-9-5-7-17(15-19)22-13-14-25(20-10-3-4-12-23(20)29-22)16-18-8-6-11-21(28-2)24(18)26/h3-12,15,22,26H,13-14,16H2,1-2H3. The molecule has 1 unspecified atom stereocenters. The molecule has 150 valence electrons. The van der Waals surface area contributed by atoms with E-state index in [4.69, 9.17) is 9.47 Å². The Morgan fingerprint density at radius 1 is 1.00 bits per heavy atom. The zero-order chi connectivity index (χ0) is 20.2. The van der Waals surface area contributed by atoms with Crippen LogP contribution >= 0.6 is 11.8 Å². The number of hydrogen-bond acceptors (Lipinski definition) is 5. The van der Waals surface area contributed by atoms with E-state index in [0.717, 1.165) is 24.3 Å². The normalized spacial score (nSPS) is 16.1. The van der Waals surface area contributed by atoms with Crippen molar-refractivity contribution >= 4 is 17.4 Å². The first-order valence-electron chi connectivity index (χ1n) is 9.69. The minimum Gasteiger partial charge on any atom is -0.504 e. The predicted octanol–water partition coefficient (Wildman–Crippen LogP) is 5.65. The molecule has 1 heterocycles. The highest BCUT2D eigenvalue weighted by molar-refractivity contribution is 7.99. The number of benzene rings is 3. The molecular formula is C24H25NO3S. The van der Waals surface area contributed by atoms with Gasteiger partial charge in [-0.25, -0.2) is 0 Å². The summed E-state index contributed by atoms with van der Waals surface area (Å²) in [6.45, 7) is 1.52. The number of anilines is 1. The van der Waals surface area contributed by atoms with Crippen molar-refractivity contribution in [3.8, 4) is 17.2 Å². The van der Waals surface area contributed by atoms with Gasteiger partial charge in [-0.05, 0) is 42.3 Å². The maximum atomic E-state index is 10.6. The number of methoxy groups -OCH3 is 2. The van der Waals surface area contributed by atoms with Crippen LogP contribution in [0, 0.1) is 0 Å². The van der Waals surface area contributed by atoms with Crippen LogP contribution in [0.5, 0.6) is 17.2 Å². The highest BCUT2D eigenvalue weighted by Crippen LogP contribution is 2.46. The molecule has 0 aliphatic carbocycles. The van der Waals surface area contributed by atoms with Gasteiger partial charge in [-0.2, -0.15) is 0 Å². The summed E-state index contributed by atoms with van der Waals surface area (Å²) in [6.07, 6.45) is 0.997. The zero-order valence-electron chi connectivity index (χ0n) is 16.7. The summed E-state index contributed by atoms with van der Waals surface area (Å²) in [5, 5.41) is 10.9. The number of fused-ring (bicyclic) bond motifs is 1. The summed E-state index contributed by atoms with van der Waals surface area (Å²) in [6, 6.07) is 22.5. The lowest BCUT2D eigenvalue weighted by molar-refractivity contribution is 0.370. The maximum absolute atomic E-state index is 10.6. The molecule has 5 heteroatoms. The molecule has 4 rings (SSSR count). The van der Waals surface area contributed by atoms with Gasteiger partial charge in [-0.3, -0.25) is 0 Å². The number of ether oxygens (including phenoxy) is 2. The third kappa shape index (κ3) is 4.15. The van der Waals surface area contributed by atoms with E-state index >= 15 is 0 Å². The lowest BCUT2D eigenvalue weighted by Gasteiger charge is -2.25. The monoisotopic (exact) mass is 407 g/mol. The second-order valence-electron chi connectivity index (χ2n) is 7.03. The van der Waals surface area contributed by atoms with Crippen LogP contribution in [-0.2, 0) is 6.54 Å². The van der Waals surface area contributed by atoms with Crippen molar-refractivity contribution in [3.63, 3.8) is 0 Å². The number of phenols is 1. The van der Waals surface area contributed by atoms with E-state index in [1.807, 2.05) is 30.0 Å². The van der Waals surface area contributed by atoms with E-state index in [2.05, 4.69) is 47.4 Å². The van der Waals surface area contributed by atoms with Crippen LogP contribution in [0.3, 0.4) is 0 Å². The Labute approximate surface area is 176 Å². The molecule has 1 aliphatic rings. The minimum atomic E-state index is 0.216. The quantitative estimate of drug-likeness (QED) is 0.592. The fraction of sp³-hybridized carbons (Fsp3) is 0.250. The summed E-state index contributed by atoms with van der Waals surface area (Å²) in [7, 11) is 3.28. The molecular weight excluding hydrogens is 382 g/mol. The smallest absolute Gasteiger partial charge is 0.162 e. The van der Waals surface area contributed by atoms with Gasteiger partial charge < -0.3 is 19.5 Å². The van der Waals surface area contributed by atoms with Crippen molar-refractivity contribution in [2.45, 2.75) is 23.1 Å². The van der Waals surface area contributed by atoms with Gasteiger partial charge in [-0.15, -0.1) is 11.8 Å². The van der Waals surface area contributed by atoms with E-state index in [-0.39, 0.29) is 5.75 Å². The molecule has 1 N–H and O–H groups in total. The molecule has 1 atom stereocenters. The van der Waals surface area contributed by atoms with Crippen molar-refractivity contribution in [1.82, 2.24) is 0 Å². The highest BCUT2D eigenvalue weighted by Gasteiger charge is 2.24. The Hall–Kier alpha value is -2.79. The predicted molar refractivity (Wildman–Crippen MR) is 118 cm³/mol. The van der Waals surface area contributed by atoms with Crippen LogP contribution in [0.15, 0.2) is 71.6 Å². The average molecular weight is 408 g/mol. The largest absolute Gasteiger partial charge is 0.504 e. The van der Waals surface area contributed by atoms with E-state index < -0.39 is 0 Å². The highest BCUT2D eigenvalue weighted by atomic mass is 32.2. The Kier molecular flexibility index (Phi) is 5.86. The maximum Gasteiger partial charge on any atom is 0.162 e. The van der Waals surface area contributed by atoms with Crippen LogP contribution in [0.2, 0.25) is 0 Å². The Morgan fingerprint density at radius 2 is 1.83 bits per heavy atom. The average Bonchev–Trinajstić information content (AvgIpc) is 2.95. The van der Waals surface area contributed by atoms with Gasteiger partial charge in [0.05, 0.1) is 19.9 Å². The number of rotatable bonds is 5. The number of phenolic OH excluding ortho intramolecular Hbond substituents is 1. The zero-order valence-corrected chi connectivity index (χ0v) is 17.5. The fourth-order valence-corrected chi connectivity index (χ4v) is 5.02. The fourth-order valence-electron chi connectivity index (χ4n) is 3.73. The van der Waals surface area contributed by atoms with Crippen LogP contribution in [0.4, 0.5) is 5.69 Å². The number of thioether (sulfide) groups is 1. The molecule has 0 amide bonds. The summed E-state index contributed by atoms with van der Waals surface area (Å²) in [5.41, 5.74) is 3.34. The van der Waals surface area contributed by atoms with Gasteiger partial charge in [-0.1, -0.05) is 36.4 Å². The number of aromatic hydroxyl groups is 1. The van der Waals surface area contributed by atoms with Crippen LogP contribution in [-0.4, -0.2) is 25.9 Å². The Bertz CT molecular complexity index is 991. The van der Waals surface area contributed by atoms with Crippen molar-refractivity contribution in [1.29, 1.82) is 0 Å².